The molecule has 0 aliphatic heterocycles. The average Bonchev–Trinajstić information content (AvgIpc) is 3.06. The van der Waals surface area contributed by atoms with Crippen molar-refractivity contribution in [2.45, 2.75) is 57.5 Å². The van der Waals surface area contributed by atoms with Crippen molar-refractivity contribution in [1.29, 1.82) is 0 Å². The number of hydrogen-bond acceptors (Lipinski definition) is 6. The molecule has 0 spiro atoms. The lowest BCUT2D eigenvalue weighted by Crippen LogP contribution is -2.18. The lowest BCUT2D eigenvalue weighted by atomic mass is 10.2. The summed E-state index contributed by atoms with van der Waals surface area (Å²) >= 11 is 2.95. The first kappa shape index (κ1) is 17.9. The first-order chi connectivity index (χ1) is 11.9. The number of aryl methyl sites for hydroxylation is 2. The van der Waals surface area contributed by atoms with Gasteiger partial charge in [-0.2, -0.15) is 0 Å². The Morgan fingerprint density at radius 1 is 1.32 bits per heavy atom. The highest BCUT2D eigenvalue weighted by Gasteiger charge is 2.19. The van der Waals surface area contributed by atoms with Crippen LogP contribution in [0.25, 0.3) is 10.2 Å². The SMILES string of the molecule is CCCCn1c(SC(C)c2nc3sc(C)c(C)c3c(=O)[nH]2)n[nH]c1=O. The van der Waals surface area contributed by atoms with Gasteiger partial charge in [-0.05, 0) is 32.8 Å². The molecule has 0 saturated carbocycles. The Kier molecular flexibility index (Phi) is 5.14. The molecule has 3 aromatic rings. The number of aromatic amines is 2. The van der Waals surface area contributed by atoms with E-state index in [1.165, 1.54) is 23.1 Å². The molecule has 134 valence electrons. The third kappa shape index (κ3) is 3.43. The number of thioether (sulfide) groups is 1. The second-order valence-corrected chi connectivity index (χ2v) is 8.50. The van der Waals surface area contributed by atoms with Crippen LogP contribution in [-0.4, -0.2) is 24.7 Å². The molecule has 3 rings (SSSR count). The van der Waals surface area contributed by atoms with Crippen molar-refractivity contribution >= 4 is 33.3 Å². The number of aromatic nitrogens is 5. The van der Waals surface area contributed by atoms with Gasteiger partial charge in [0.2, 0.25) is 0 Å². The Hall–Kier alpha value is -1.87. The molecule has 3 heterocycles. The van der Waals surface area contributed by atoms with Crippen LogP contribution in [-0.2, 0) is 6.54 Å². The molecule has 7 nitrogen and oxygen atoms in total. The molecule has 2 N–H and O–H groups in total. The van der Waals surface area contributed by atoms with Gasteiger partial charge in [0, 0.05) is 11.4 Å². The summed E-state index contributed by atoms with van der Waals surface area (Å²) in [5.74, 6) is 0.598. The van der Waals surface area contributed by atoms with Gasteiger partial charge in [0.25, 0.3) is 5.56 Å². The number of rotatable bonds is 6. The molecule has 1 atom stereocenters. The maximum atomic E-state index is 12.4. The molecule has 0 amide bonds. The summed E-state index contributed by atoms with van der Waals surface area (Å²) < 4.78 is 1.64. The van der Waals surface area contributed by atoms with Crippen LogP contribution >= 0.6 is 23.1 Å². The highest BCUT2D eigenvalue weighted by Crippen LogP contribution is 2.33. The monoisotopic (exact) mass is 379 g/mol. The summed E-state index contributed by atoms with van der Waals surface area (Å²) in [6.07, 6.45) is 1.91. The third-order valence-electron chi connectivity index (χ3n) is 4.18. The van der Waals surface area contributed by atoms with Crippen molar-refractivity contribution in [2.75, 3.05) is 0 Å². The average molecular weight is 380 g/mol. The summed E-state index contributed by atoms with van der Waals surface area (Å²) in [5.41, 5.74) is 0.672. The molecule has 0 radical (unpaired) electrons. The molecule has 3 aromatic heterocycles. The van der Waals surface area contributed by atoms with E-state index in [0.717, 1.165) is 28.1 Å². The van der Waals surface area contributed by atoms with Gasteiger partial charge in [-0.3, -0.25) is 9.36 Å². The van der Waals surface area contributed by atoms with Gasteiger partial charge >= 0.3 is 5.69 Å². The molecule has 0 aromatic carbocycles. The molecule has 0 aliphatic rings. The third-order valence-corrected chi connectivity index (χ3v) is 6.38. The molecule has 25 heavy (non-hydrogen) atoms. The Balaban J connectivity index is 1.92. The zero-order chi connectivity index (χ0) is 18.1. The summed E-state index contributed by atoms with van der Waals surface area (Å²) in [7, 11) is 0. The molecular weight excluding hydrogens is 358 g/mol. The summed E-state index contributed by atoms with van der Waals surface area (Å²) in [6, 6.07) is 0. The van der Waals surface area contributed by atoms with Gasteiger partial charge in [-0.15, -0.1) is 16.4 Å². The maximum Gasteiger partial charge on any atom is 0.343 e. The van der Waals surface area contributed by atoms with Crippen LogP contribution in [0.3, 0.4) is 0 Å². The highest BCUT2D eigenvalue weighted by atomic mass is 32.2. The van der Waals surface area contributed by atoms with Crippen molar-refractivity contribution in [3.05, 3.63) is 37.1 Å². The molecule has 0 aliphatic carbocycles. The number of H-pyrrole nitrogens is 2. The van der Waals surface area contributed by atoms with Crippen molar-refractivity contribution in [3.63, 3.8) is 0 Å². The smallest absolute Gasteiger partial charge is 0.309 e. The van der Waals surface area contributed by atoms with Crippen molar-refractivity contribution < 1.29 is 0 Å². The second kappa shape index (κ2) is 7.17. The number of hydrogen-bond donors (Lipinski definition) is 2. The minimum Gasteiger partial charge on any atom is -0.309 e. The van der Waals surface area contributed by atoms with E-state index >= 15 is 0 Å². The van der Waals surface area contributed by atoms with E-state index in [2.05, 4.69) is 27.1 Å². The lowest BCUT2D eigenvalue weighted by Gasteiger charge is -2.10. The van der Waals surface area contributed by atoms with Crippen LogP contribution in [0.5, 0.6) is 0 Å². The number of thiophene rings is 1. The summed E-state index contributed by atoms with van der Waals surface area (Å²) in [4.78, 5) is 33.7. The number of fused-ring (bicyclic) bond motifs is 1. The molecule has 0 fully saturated rings. The fourth-order valence-electron chi connectivity index (χ4n) is 2.58. The fourth-order valence-corrected chi connectivity index (χ4v) is 4.56. The van der Waals surface area contributed by atoms with Crippen LogP contribution < -0.4 is 11.2 Å². The molecule has 0 saturated heterocycles. The van der Waals surface area contributed by atoms with Crippen LogP contribution in [0.1, 0.15) is 48.2 Å². The van der Waals surface area contributed by atoms with E-state index in [4.69, 9.17) is 0 Å². The van der Waals surface area contributed by atoms with Crippen molar-refractivity contribution in [2.24, 2.45) is 0 Å². The van der Waals surface area contributed by atoms with E-state index in [1.54, 1.807) is 4.57 Å². The minimum atomic E-state index is -0.204. The molecule has 1 unspecified atom stereocenters. The van der Waals surface area contributed by atoms with E-state index in [9.17, 15) is 9.59 Å². The Labute approximate surface area is 152 Å². The number of nitrogens with zero attached hydrogens (tertiary/aromatic N) is 3. The molecule has 0 bridgehead atoms. The van der Waals surface area contributed by atoms with Gasteiger partial charge < -0.3 is 4.98 Å². The van der Waals surface area contributed by atoms with Gasteiger partial charge in [-0.1, -0.05) is 25.1 Å². The first-order valence-corrected chi connectivity index (χ1v) is 9.93. The van der Waals surface area contributed by atoms with E-state index < -0.39 is 0 Å². The fraction of sp³-hybridized carbons (Fsp3) is 0.500. The van der Waals surface area contributed by atoms with Crippen molar-refractivity contribution in [1.82, 2.24) is 24.7 Å². The van der Waals surface area contributed by atoms with Gasteiger partial charge in [-0.25, -0.2) is 14.9 Å². The summed E-state index contributed by atoms with van der Waals surface area (Å²) in [5, 5.41) is 7.77. The van der Waals surface area contributed by atoms with Crippen LogP contribution in [0.2, 0.25) is 0 Å². The van der Waals surface area contributed by atoms with E-state index in [1.807, 2.05) is 20.8 Å². The van der Waals surface area contributed by atoms with Gasteiger partial charge in [0.15, 0.2) is 5.16 Å². The Morgan fingerprint density at radius 2 is 2.08 bits per heavy atom. The maximum absolute atomic E-state index is 12.4. The zero-order valence-corrected chi connectivity index (χ0v) is 16.3. The van der Waals surface area contributed by atoms with E-state index in [-0.39, 0.29) is 16.5 Å². The predicted octanol–water partition coefficient (Wildman–Crippen LogP) is 3.14. The van der Waals surface area contributed by atoms with Crippen LogP contribution in [0, 0.1) is 13.8 Å². The van der Waals surface area contributed by atoms with Crippen molar-refractivity contribution in [3.8, 4) is 0 Å². The van der Waals surface area contributed by atoms with Gasteiger partial charge in [0.05, 0.1) is 10.6 Å². The zero-order valence-electron chi connectivity index (χ0n) is 14.7. The second-order valence-electron chi connectivity index (χ2n) is 5.99. The minimum absolute atomic E-state index is 0.111. The predicted molar refractivity (Wildman–Crippen MR) is 102 cm³/mol. The number of unbranched alkanes of at least 4 members (excludes halogenated alkanes) is 1. The molecule has 9 heteroatoms. The largest absolute Gasteiger partial charge is 0.343 e. The standard InChI is InChI=1S/C16H21N5O2S2/c1-5-6-7-21-15(23)19-20-16(21)25-10(4)12-17-13(22)11-8(2)9(3)24-14(11)18-12/h10H,5-7H2,1-4H3,(H,19,23)(H,17,18,22). The first-order valence-electron chi connectivity index (χ1n) is 8.24. The quantitative estimate of drug-likeness (QED) is 0.641. The highest BCUT2D eigenvalue weighted by molar-refractivity contribution is 7.99. The topological polar surface area (TPSA) is 96.4 Å². The van der Waals surface area contributed by atoms with Gasteiger partial charge in [0.1, 0.15) is 10.7 Å². The summed E-state index contributed by atoms with van der Waals surface area (Å²) in [6.45, 7) is 8.60. The Morgan fingerprint density at radius 3 is 2.80 bits per heavy atom. The Bertz CT molecular complexity index is 1010. The van der Waals surface area contributed by atoms with Crippen LogP contribution in [0.4, 0.5) is 0 Å². The lowest BCUT2D eigenvalue weighted by molar-refractivity contribution is 0.572. The van der Waals surface area contributed by atoms with Crippen LogP contribution in [0.15, 0.2) is 14.7 Å². The normalized spacial score (nSPS) is 12.8. The van der Waals surface area contributed by atoms with E-state index in [0.29, 0.717) is 22.9 Å². The molecular formula is C16H21N5O2S2. The number of nitrogens with one attached hydrogen (secondary N) is 2.